The smallest absolute Gasteiger partial charge is 0.248 e. The lowest BCUT2D eigenvalue weighted by molar-refractivity contribution is -0.129. The SMILES string of the molecule is CN(C(=O)C[CH]c1ccccc1C(N)=O)C1CC1. The predicted octanol–water partition coefficient (Wildman–Crippen LogP) is 1.35. The number of nitrogens with two attached hydrogens (primary N) is 1. The summed E-state index contributed by atoms with van der Waals surface area (Å²) in [6, 6.07) is 7.47. The molecule has 0 saturated heterocycles. The zero-order valence-electron chi connectivity index (χ0n) is 10.4. The Morgan fingerprint density at radius 1 is 1.39 bits per heavy atom. The summed E-state index contributed by atoms with van der Waals surface area (Å²) >= 11 is 0. The Hall–Kier alpha value is -1.84. The Balaban J connectivity index is 1.97. The molecule has 2 rings (SSSR count). The first kappa shape index (κ1) is 12.6. The van der Waals surface area contributed by atoms with E-state index >= 15 is 0 Å². The van der Waals surface area contributed by atoms with Crippen LogP contribution in [0.5, 0.6) is 0 Å². The first-order valence-corrected chi connectivity index (χ1v) is 6.07. The monoisotopic (exact) mass is 245 g/mol. The average Bonchev–Trinajstić information content (AvgIpc) is 3.19. The van der Waals surface area contributed by atoms with E-state index in [9.17, 15) is 9.59 Å². The summed E-state index contributed by atoms with van der Waals surface area (Å²) in [4.78, 5) is 24.9. The van der Waals surface area contributed by atoms with Gasteiger partial charge in [0, 0.05) is 31.5 Å². The third-order valence-corrected chi connectivity index (χ3v) is 3.21. The fraction of sp³-hybridized carbons (Fsp3) is 0.357. The summed E-state index contributed by atoms with van der Waals surface area (Å²) < 4.78 is 0. The maximum absolute atomic E-state index is 11.9. The van der Waals surface area contributed by atoms with Crippen molar-refractivity contribution in [2.75, 3.05) is 7.05 Å². The van der Waals surface area contributed by atoms with Gasteiger partial charge in [0.15, 0.2) is 0 Å². The lowest BCUT2D eigenvalue weighted by Gasteiger charge is -2.16. The molecule has 0 bridgehead atoms. The first-order valence-electron chi connectivity index (χ1n) is 6.07. The van der Waals surface area contributed by atoms with E-state index in [2.05, 4.69) is 0 Å². The molecule has 4 nitrogen and oxygen atoms in total. The van der Waals surface area contributed by atoms with Crippen molar-refractivity contribution in [3.8, 4) is 0 Å². The Labute approximate surface area is 107 Å². The van der Waals surface area contributed by atoms with E-state index in [0.717, 1.165) is 18.4 Å². The molecule has 1 aliphatic carbocycles. The van der Waals surface area contributed by atoms with E-state index in [1.165, 1.54) is 0 Å². The fourth-order valence-electron chi connectivity index (χ4n) is 1.91. The van der Waals surface area contributed by atoms with Gasteiger partial charge in [-0.05, 0) is 24.5 Å². The van der Waals surface area contributed by atoms with E-state index in [4.69, 9.17) is 5.73 Å². The van der Waals surface area contributed by atoms with Gasteiger partial charge in [0.2, 0.25) is 11.8 Å². The molecule has 0 heterocycles. The zero-order chi connectivity index (χ0) is 13.1. The van der Waals surface area contributed by atoms with Crippen LogP contribution in [0.1, 0.15) is 35.2 Å². The maximum Gasteiger partial charge on any atom is 0.248 e. The second kappa shape index (κ2) is 5.21. The second-order valence-electron chi connectivity index (χ2n) is 4.60. The summed E-state index contributed by atoms with van der Waals surface area (Å²) in [6.07, 6.45) is 4.26. The van der Waals surface area contributed by atoms with Crippen molar-refractivity contribution in [1.82, 2.24) is 4.90 Å². The highest BCUT2D eigenvalue weighted by Gasteiger charge is 2.29. The standard InChI is InChI=1S/C14H17N2O2/c1-16(11-7-8-11)13(17)9-6-10-4-2-3-5-12(10)14(15)18/h2-6,11H,7-9H2,1H3,(H2,15,18). The van der Waals surface area contributed by atoms with Crippen LogP contribution in [-0.2, 0) is 4.79 Å². The first-order chi connectivity index (χ1) is 8.59. The molecule has 0 aromatic heterocycles. The number of carbonyl (C=O) groups is 2. The summed E-state index contributed by atoms with van der Waals surface area (Å²) in [5.74, 6) is -0.387. The van der Waals surface area contributed by atoms with Gasteiger partial charge in [-0.3, -0.25) is 9.59 Å². The summed E-state index contributed by atoms with van der Waals surface area (Å²) in [5.41, 5.74) is 6.47. The van der Waals surface area contributed by atoms with Crippen LogP contribution in [0.3, 0.4) is 0 Å². The predicted molar refractivity (Wildman–Crippen MR) is 68.8 cm³/mol. The number of carbonyl (C=O) groups excluding carboxylic acids is 2. The molecule has 18 heavy (non-hydrogen) atoms. The summed E-state index contributed by atoms with van der Waals surface area (Å²) in [5, 5.41) is 0. The van der Waals surface area contributed by atoms with E-state index in [1.54, 1.807) is 29.5 Å². The molecule has 4 heteroatoms. The highest BCUT2D eigenvalue weighted by atomic mass is 16.2. The zero-order valence-corrected chi connectivity index (χ0v) is 10.4. The van der Waals surface area contributed by atoms with Gasteiger partial charge in [0.05, 0.1) is 0 Å². The molecule has 2 amide bonds. The van der Waals surface area contributed by atoms with Crippen LogP contribution in [0.15, 0.2) is 24.3 Å². The molecule has 1 saturated carbocycles. The fourth-order valence-corrected chi connectivity index (χ4v) is 1.91. The van der Waals surface area contributed by atoms with Crippen molar-refractivity contribution < 1.29 is 9.59 Å². The van der Waals surface area contributed by atoms with Crippen LogP contribution >= 0.6 is 0 Å². The molecule has 0 aliphatic heterocycles. The van der Waals surface area contributed by atoms with E-state index < -0.39 is 5.91 Å². The second-order valence-corrected chi connectivity index (χ2v) is 4.60. The van der Waals surface area contributed by atoms with Crippen molar-refractivity contribution >= 4 is 11.8 Å². The summed E-state index contributed by atoms with van der Waals surface area (Å²) in [7, 11) is 1.83. The molecule has 95 valence electrons. The Bertz CT molecular complexity index is 467. The van der Waals surface area contributed by atoms with Crippen LogP contribution in [0.25, 0.3) is 0 Å². The van der Waals surface area contributed by atoms with Gasteiger partial charge in [-0.15, -0.1) is 0 Å². The molecular weight excluding hydrogens is 228 g/mol. The molecule has 1 aliphatic rings. The molecule has 0 atom stereocenters. The van der Waals surface area contributed by atoms with Gasteiger partial charge in [-0.25, -0.2) is 0 Å². The minimum atomic E-state index is -0.468. The number of hydrogen-bond acceptors (Lipinski definition) is 2. The third kappa shape index (κ3) is 2.88. The van der Waals surface area contributed by atoms with Crippen molar-refractivity contribution in [2.45, 2.75) is 25.3 Å². The normalized spacial score (nSPS) is 14.3. The Morgan fingerprint density at radius 2 is 2.06 bits per heavy atom. The van der Waals surface area contributed by atoms with Crippen molar-refractivity contribution in [3.63, 3.8) is 0 Å². The van der Waals surface area contributed by atoms with Crippen LogP contribution in [-0.4, -0.2) is 29.8 Å². The molecule has 1 radical (unpaired) electrons. The number of nitrogens with zero attached hydrogens (tertiary/aromatic N) is 1. The van der Waals surface area contributed by atoms with Crippen LogP contribution in [0, 0.1) is 6.42 Å². The van der Waals surface area contributed by atoms with E-state index in [-0.39, 0.29) is 5.91 Å². The number of hydrogen-bond donors (Lipinski definition) is 1. The lowest BCUT2D eigenvalue weighted by atomic mass is 10.0. The highest BCUT2D eigenvalue weighted by molar-refractivity contribution is 5.95. The molecule has 1 aromatic carbocycles. The Kier molecular flexibility index (Phi) is 3.65. The van der Waals surface area contributed by atoms with Gasteiger partial charge in [0.25, 0.3) is 0 Å². The number of amides is 2. The molecule has 1 aromatic rings. The molecule has 0 unspecified atom stereocenters. The van der Waals surface area contributed by atoms with Crippen LogP contribution in [0.2, 0.25) is 0 Å². The molecule has 1 fully saturated rings. The van der Waals surface area contributed by atoms with Crippen molar-refractivity contribution in [1.29, 1.82) is 0 Å². The van der Waals surface area contributed by atoms with Gasteiger partial charge in [-0.2, -0.15) is 0 Å². The van der Waals surface area contributed by atoms with Gasteiger partial charge in [0.1, 0.15) is 0 Å². The minimum absolute atomic E-state index is 0.0803. The third-order valence-electron chi connectivity index (χ3n) is 3.21. The van der Waals surface area contributed by atoms with Gasteiger partial charge < -0.3 is 10.6 Å². The molecular formula is C14H17N2O2. The maximum atomic E-state index is 11.9. The molecule has 0 spiro atoms. The topological polar surface area (TPSA) is 63.4 Å². The number of primary amides is 1. The van der Waals surface area contributed by atoms with Crippen LogP contribution in [0.4, 0.5) is 0 Å². The lowest BCUT2D eigenvalue weighted by Crippen LogP contribution is -2.28. The van der Waals surface area contributed by atoms with Crippen LogP contribution < -0.4 is 5.73 Å². The number of benzene rings is 1. The van der Waals surface area contributed by atoms with Crippen molar-refractivity contribution in [2.24, 2.45) is 5.73 Å². The Morgan fingerprint density at radius 3 is 2.67 bits per heavy atom. The number of rotatable bonds is 5. The van der Waals surface area contributed by atoms with E-state index in [0.29, 0.717) is 18.0 Å². The average molecular weight is 245 g/mol. The summed E-state index contributed by atoms with van der Waals surface area (Å²) in [6.45, 7) is 0. The van der Waals surface area contributed by atoms with Gasteiger partial charge in [-0.1, -0.05) is 18.2 Å². The van der Waals surface area contributed by atoms with Gasteiger partial charge >= 0.3 is 0 Å². The minimum Gasteiger partial charge on any atom is -0.366 e. The van der Waals surface area contributed by atoms with E-state index in [1.807, 2.05) is 13.1 Å². The largest absolute Gasteiger partial charge is 0.366 e. The van der Waals surface area contributed by atoms with Crippen molar-refractivity contribution in [3.05, 3.63) is 41.8 Å². The quantitative estimate of drug-likeness (QED) is 0.851. The highest BCUT2D eigenvalue weighted by Crippen LogP contribution is 2.26. The molecule has 2 N–H and O–H groups in total.